The Morgan fingerprint density at radius 2 is 1.88 bits per heavy atom. The molecule has 1 aromatic rings. The van der Waals surface area contributed by atoms with Crippen LogP contribution in [0, 0.1) is 6.92 Å². The van der Waals surface area contributed by atoms with Gasteiger partial charge in [0.15, 0.2) is 5.60 Å². The highest BCUT2D eigenvalue weighted by Crippen LogP contribution is 2.40. The molecular formula is C12H15F3O2. The molecule has 1 rings (SSSR count). The second kappa shape index (κ2) is 4.56. The Kier molecular flexibility index (Phi) is 3.71. The molecule has 0 heterocycles. The number of alkyl halides is 3. The standard InChI is InChI=1S/C12H15F3O2/c1-4-17-9-5-6-10(8(2)7-9)11(3,16)12(13,14)15/h5-7,16H,4H2,1-3H3. The molecule has 0 aliphatic rings. The number of benzene rings is 1. The van der Waals surface area contributed by atoms with Gasteiger partial charge in [-0.2, -0.15) is 13.2 Å². The molecule has 2 nitrogen and oxygen atoms in total. The van der Waals surface area contributed by atoms with Crippen LogP contribution in [0.5, 0.6) is 5.75 Å². The zero-order valence-electron chi connectivity index (χ0n) is 9.93. The first-order valence-electron chi connectivity index (χ1n) is 5.23. The first-order valence-corrected chi connectivity index (χ1v) is 5.23. The van der Waals surface area contributed by atoms with Crippen molar-refractivity contribution in [2.45, 2.75) is 32.5 Å². The molecule has 1 N–H and O–H groups in total. The maximum atomic E-state index is 12.7. The lowest BCUT2D eigenvalue weighted by Gasteiger charge is -2.28. The Morgan fingerprint density at radius 3 is 2.29 bits per heavy atom. The summed E-state index contributed by atoms with van der Waals surface area (Å²) in [5.41, 5.74) is -2.66. The highest BCUT2D eigenvalue weighted by molar-refractivity contribution is 5.38. The number of aryl methyl sites for hydroxylation is 1. The number of hydrogen-bond donors (Lipinski definition) is 1. The van der Waals surface area contributed by atoms with Gasteiger partial charge in [-0.25, -0.2) is 0 Å². The zero-order chi connectivity index (χ0) is 13.3. The van der Waals surface area contributed by atoms with Crippen molar-refractivity contribution in [2.24, 2.45) is 0 Å². The molecule has 0 spiro atoms. The zero-order valence-corrected chi connectivity index (χ0v) is 9.93. The highest BCUT2D eigenvalue weighted by Gasteiger charge is 2.51. The van der Waals surface area contributed by atoms with Crippen LogP contribution in [0.2, 0.25) is 0 Å². The van der Waals surface area contributed by atoms with Gasteiger partial charge in [-0.1, -0.05) is 6.07 Å². The van der Waals surface area contributed by atoms with Gasteiger partial charge in [0.05, 0.1) is 6.61 Å². The quantitative estimate of drug-likeness (QED) is 0.890. The fourth-order valence-corrected chi connectivity index (χ4v) is 1.59. The van der Waals surface area contributed by atoms with Crippen molar-refractivity contribution in [1.82, 2.24) is 0 Å². The second-order valence-corrected chi connectivity index (χ2v) is 3.98. The Balaban J connectivity index is 3.16. The Bertz CT molecular complexity index is 397. The molecule has 0 amide bonds. The lowest BCUT2D eigenvalue weighted by molar-refractivity contribution is -0.259. The van der Waals surface area contributed by atoms with E-state index < -0.39 is 11.8 Å². The molecule has 1 aromatic carbocycles. The van der Waals surface area contributed by atoms with Gasteiger partial charge in [-0.05, 0) is 44.0 Å². The minimum atomic E-state index is -4.70. The monoisotopic (exact) mass is 248 g/mol. The second-order valence-electron chi connectivity index (χ2n) is 3.98. The SMILES string of the molecule is CCOc1ccc(C(C)(O)C(F)(F)F)c(C)c1. The summed E-state index contributed by atoms with van der Waals surface area (Å²) in [6, 6.07) is 4.15. The molecule has 1 atom stereocenters. The van der Waals surface area contributed by atoms with Crippen molar-refractivity contribution in [1.29, 1.82) is 0 Å². The normalized spacial score (nSPS) is 15.5. The van der Waals surface area contributed by atoms with Gasteiger partial charge >= 0.3 is 6.18 Å². The van der Waals surface area contributed by atoms with E-state index in [9.17, 15) is 18.3 Å². The van der Waals surface area contributed by atoms with Gasteiger partial charge in [0.25, 0.3) is 0 Å². The molecule has 0 aliphatic carbocycles. The van der Waals surface area contributed by atoms with Crippen LogP contribution < -0.4 is 4.74 Å². The summed E-state index contributed by atoms with van der Waals surface area (Å²) < 4.78 is 43.2. The van der Waals surface area contributed by atoms with E-state index >= 15 is 0 Å². The van der Waals surface area contributed by atoms with Crippen LogP contribution in [0.15, 0.2) is 18.2 Å². The molecule has 96 valence electrons. The smallest absolute Gasteiger partial charge is 0.421 e. The van der Waals surface area contributed by atoms with Gasteiger partial charge in [0.1, 0.15) is 5.75 Å². The third-order valence-corrected chi connectivity index (χ3v) is 2.59. The first-order chi connectivity index (χ1) is 7.70. The number of halogens is 3. The van der Waals surface area contributed by atoms with E-state index in [1.807, 2.05) is 0 Å². The van der Waals surface area contributed by atoms with Gasteiger partial charge < -0.3 is 9.84 Å². The summed E-state index contributed by atoms with van der Waals surface area (Å²) in [7, 11) is 0. The van der Waals surface area contributed by atoms with E-state index in [1.54, 1.807) is 6.92 Å². The average Bonchev–Trinajstić information content (AvgIpc) is 2.16. The summed E-state index contributed by atoms with van der Waals surface area (Å²) in [5.74, 6) is 0.492. The third-order valence-electron chi connectivity index (χ3n) is 2.59. The molecule has 1 unspecified atom stereocenters. The van der Waals surface area contributed by atoms with Crippen LogP contribution in [0.4, 0.5) is 13.2 Å². The summed E-state index contributed by atoms with van der Waals surface area (Å²) in [6.45, 7) is 4.48. The van der Waals surface area contributed by atoms with E-state index in [-0.39, 0.29) is 5.56 Å². The van der Waals surface area contributed by atoms with Crippen molar-refractivity contribution < 1.29 is 23.0 Å². The number of ether oxygens (including phenoxy) is 1. The molecule has 5 heteroatoms. The molecule has 0 saturated carbocycles. The lowest BCUT2D eigenvalue weighted by atomic mass is 9.91. The molecule has 17 heavy (non-hydrogen) atoms. The minimum Gasteiger partial charge on any atom is -0.494 e. The van der Waals surface area contributed by atoms with Crippen molar-refractivity contribution in [3.05, 3.63) is 29.3 Å². The fourth-order valence-electron chi connectivity index (χ4n) is 1.59. The van der Waals surface area contributed by atoms with Crippen LogP contribution in [-0.2, 0) is 5.60 Å². The van der Waals surface area contributed by atoms with Crippen LogP contribution in [0.1, 0.15) is 25.0 Å². The summed E-state index contributed by atoms with van der Waals surface area (Å²) in [6.07, 6.45) is -4.70. The van der Waals surface area contributed by atoms with Gasteiger partial charge in [0.2, 0.25) is 0 Å². The van der Waals surface area contributed by atoms with E-state index in [4.69, 9.17) is 4.74 Å². The number of hydrogen-bond acceptors (Lipinski definition) is 2. The van der Waals surface area contributed by atoms with Crippen molar-refractivity contribution >= 4 is 0 Å². The number of rotatable bonds is 3. The predicted octanol–water partition coefficient (Wildman–Crippen LogP) is 3.16. The summed E-state index contributed by atoms with van der Waals surface area (Å²) in [5, 5.41) is 9.56. The van der Waals surface area contributed by atoms with Crippen molar-refractivity contribution in [3.8, 4) is 5.75 Å². The molecule has 0 bridgehead atoms. The molecular weight excluding hydrogens is 233 g/mol. The van der Waals surface area contributed by atoms with E-state index in [0.717, 1.165) is 6.92 Å². The largest absolute Gasteiger partial charge is 0.494 e. The predicted molar refractivity (Wildman–Crippen MR) is 58.0 cm³/mol. The number of aliphatic hydroxyl groups is 1. The van der Waals surface area contributed by atoms with Gasteiger partial charge in [-0.3, -0.25) is 0 Å². The average molecular weight is 248 g/mol. The van der Waals surface area contributed by atoms with Crippen LogP contribution >= 0.6 is 0 Å². The van der Waals surface area contributed by atoms with E-state index in [2.05, 4.69) is 0 Å². The van der Waals surface area contributed by atoms with Crippen LogP contribution in [0.25, 0.3) is 0 Å². The van der Waals surface area contributed by atoms with Crippen molar-refractivity contribution in [2.75, 3.05) is 6.61 Å². The summed E-state index contributed by atoms with van der Waals surface area (Å²) >= 11 is 0. The van der Waals surface area contributed by atoms with E-state index in [1.165, 1.54) is 25.1 Å². The van der Waals surface area contributed by atoms with Gasteiger partial charge in [-0.15, -0.1) is 0 Å². The maximum Gasteiger partial charge on any atom is 0.421 e. The molecule has 0 saturated heterocycles. The molecule has 0 aromatic heterocycles. The molecule has 0 fully saturated rings. The van der Waals surface area contributed by atoms with E-state index in [0.29, 0.717) is 17.9 Å². The Morgan fingerprint density at radius 1 is 1.29 bits per heavy atom. The van der Waals surface area contributed by atoms with Crippen LogP contribution in [-0.4, -0.2) is 17.9 Å². The highest BCUT2D eigenvalue weighted by atomic mass is 19.4. The Labute approximate surface area is 98.0 Å². The van der Waals surface area contributed by atoms with Gasteiger partial charge in [0, 0.05) is 0 Å². The molecule has 0 radical (unpaired) electrons. The summed E-state index contributed by atoms with van der Waals surface area (Å²) in [4.78, 5) is 0. The van der Waals surface area contributed by atoms with Crippen LogP contribution in [0.3, 0.4) is 0 Å². The lowest BCUT2D eigenvalue weighted by Crippen LogP contribution is -2.39. The van der Waals surface area contributed by atoms with Crippen molar-refractivity contribution in [3.63, 3.8) is 0 Å². The minimum absolute atomic E-state index is 0.159. The Hall–Kier alpha value is -1.23. The maximum absolute atomic E-state index is 12.7. The third kappa shape index (κ3) is 2.72. The first kappa shape index (κ1) is 13.8. The topological polar surface area (TPSA) is 29.5 Å². The molecule has 0 aliphatic heterocycles. The fraction of sp³-hybridized carbons (Fsp3) is 0.500.